The number of aromatic nitrogens is 2. The van der Waals surface area contributed by atoms with Crippen LogP contribution >= 0.6 is 0 Å². The molecule has 52 heavy (non-hydrogen) atoms. The van der Waals surface area contributed by atoms with Gasteiger partial charge < -0.3 is 0 Å². The molecule has 0 saturated heterocycles. The summed E-state index contributed by atoms with van der Waals surface area (Å²) in [4.78, 5) is 5.29. The van der Waals surface area contributed by atoms with Gasteiger partial charge in [0.25, 0.3) is 0 Å². The fraction of sp³-hybridized carbons (Fsp3) is 0.122. The van der Waals surface area contributed by atoms with Gasteiger partial charge in [-0.15, -0.1) is 0 Å². The third-order valence-electron chi connectivity index (χ3n) is 10.7. The van der Waals surface area contributed by atoms with E-state index in [9.17, 15) is 0 Å². The number of nitrogens with zero attached hydrogens (tertiary/aromatic N) is 2. The van der Waals surface area contributed by atoms with Gasteiger partial charge in [-0.3, -0.25) is 4.57 Å². The van der Waals surface area contributed by atoms with Crippen molar-refractivity contribution >= 4 is 34.3 Å². The number of para-hydroxylation sites is 1. The molecule has 8 rings (SSSR count). The summed E-state index contributed by atoms with van der Waals surface area (Å²) < 4.78 is 2.42. The third-order valence-corrected chi connectivity index (χ3v) is 10.7. The maximum absolute atomic E-state index is 5.29. The van der Waals surface area contributed by atoms with E-state index in [1.807, 2.05) is 0 Å². The molecule has 3 heteroatoms. The second-order valence-electron chi connectivity index (χ2n) is 13.7. The van der Waals surface area contributed by atoms with Crippen molar-refractivity contribution in [2.24, 2.45) is 0 Å². The van der Waals surface area contributed by atoms with Crippen LogP contribution in [0.2, 0.25) is 0 Å². The van der Waals surface area contributed by atoms with Gasteiger partial charge in [-0.1, -0.05) is 194 Å². The number of imidazole rings is 1. The fourth-order valence-electron chi connectivity index (χ4n) is 8.14. The van der Waals surface area contributed by atoms with Gasteiger partial charge >= 0.3 is 0 Å². The molecule has 2 heterocycles. The number of allylic oxidation sites excluding steroid dienone is 2. The first kappa shape index (κ1) is 33.2. The van der Waals surface area contributed by atoms with Gasteiger partial charge in [-0.05, 0) is 71.2 Å². The van der Waals surface area contributed by atoms with Crippen LogP contribution in [0.25, 0.3) is 39.2 Å². The Morgan fingerprint density at radius 3 is 1.37 bits per heavy atom. The number of aryl methyl sites for hydroxylation is 3. The molecule has 0 atom stereocenters. The molecule has 0 amide bonds. The predicted molar refractivity (Wildman–Crippen MR) is 222 cm³/mol. The summed E-state index contributed by atoms with van der Waals surface area (Å²) in [6.07, 6.45) is 1.92. The summed E-state index contributed by atoms with van der Waals surface area (Å²) in [7, 11) is 0. The molecule has 0 bridgehead atoms. The van der Waals surface area contributed by atoms with Crippen LogP contribution in [0.1, 0.15) is 58.6 Å². The van der Waals surface area contributed by atoms with E-state index in [0.717, 1.165) is 29.9 Å². The normalized spacial score (nSPS) is 13.0. The van der Waals surface area contributed by atoms with E-state index in [4.69, 9.17) is 4.98 Å². The minimum Gasteiger partial charge on any atom is -0.296 e. The summed E-state index contributed by atoms with van der Waals surface area (Å²) in [6, 6.07) is 59.9. The van der Waals surface area contributed by atoms with Gasteiger partial charge in [0.2, 0.25) is 6.71 Å². The van der Waals surface area contributed by atoms with Crippen molar-refractivity contribution in [3.8, 4) is 17.1 Å². The van der Waals surface area contributed by atoms with Crippen LogP contribution in [0.5, 0.6) is 0 Å². The summed E-state index contributed by atoms with van der Waals surface area (Å²) >= 11 is 0. The van der Waals surface area contributed by atoms with E-state index in [0.29, 0.717) is 0 Å². The largest absolute Gasteiger partial charge is 0.296 e. The Bertz CT molecular complexity index is 2300. The average Bonchev–Trinajstić information content (AvgIpc) is 3.73. The molecule has 0 saturated carbocycles. The molecule has 7 aromatic rings. The molecular weight excluding hydrogens is 627 g/mol. The molecule has 0 aliphatic carbocycles. The van der Waals surface area contributed by atoms with Gasteiger partial charge in [0.05, 0.1) is 11.4 Å². The minimum absolute atomic E-state index is 0.0325. The zero-order chi connectivity index (χ0) is 35.6. The second kappa shape index (κ2) is 14.4. The lowest BCUT2D eigenvalue weighted by atomic mass is 9.35. The Balaban J connectivity index is 1.44. The molecule has 1 aromatic heterocycles. The van der Waals surface area contributed by atoms with Gasteiger partial charge in [0.1, 0.15) is 5.82 Å². The topological polar surface area (TPSA) is 17.8 Å². The predicted octanol–water partition coefficient (Wildman–Crippen LogP) is 11.3. The SMILES string of the molecule is CCc1cccc(CC)c1-n1c(-c2cccc(B3C(c4ccccc4)=C(c4ccccc4)C(c4ccccc4)=C3c3ccccc3)c2)nc(C)c1C. The van der Waals surface area contributed by atoms with Crippen molar-refractivity contribution < 1.29 is 0 Å². The summed E-state index contributed by atoms with van der Waals surface area (Å²) in [5, 5.41) is 0. The molecule has 0 radical (unpaired) electrons. The molecule has 0 spiro atoms. The van der Waals surface area contributed by atoms with Crippen molar-refractivity contribution in [3.05, 3.63) is 209 Å². The lowest BCUT2D eigenvalue weighted by molar-refractivity contribution is 0.939. The minimum atomic E-state index is -0.0325. The molecule has 6 aromatic carbocycles. The zero-order valence-corrected chi connectivity index (χ0v) is 30.5. The monoisotopic (exact) mass is 670 g/mol. The van der Waals surface area contributed by atoms with Crippen molar-refractivity contribution in [1.29, 1.82) is 0 Å². The lowest BCUT2D eigenvalue weighted by Crippen LogP contribution is -2.32. The molecule has 1 aliphatic rings. The second-order valence-corrected chi connectivity index (χ2v) is 13.7. The summed E-state index contributed by atoms with van der Waals surface area (Å²) in [5.41, 5.74) is 18.7. The smallest absolute Gasteiger partial charge is 0.244 e. The summed E-state index contributed by atoms with van der Waals surface area (Å²) in [6.45, 7) is 8.82. The van der Waals surface area contributed by atoms with Crippen LogP contribution in [0.15, 0.2) is 164 Å². The first-order valence-corrected chi connectivity index (χ1v) is 18.6. The van der Waals surface area contributed by atoms with E-state index in [2.05, 4.69) is 196 Å². The molecule has 252 valence electrons. The molecule has 2 nitrogen and oxygen atoms in total. The number of rotatable bonds is 9. The van der Waals surface area contributed by atoms with E-state index in [-0.39, 0.29) is 6.71 Å². The van der Waals surface area contributed by atoms with Crippen molar-refractivity contribution in [3.63, 3.8) is 0 Å². The first-order chi connectivity index (χ1) is 25.6. The van der Waals surface area contributed by atoms with E-state index < -0.39 is 0 Å². The highest BCUT2D eigenvalue weighted by molar-refractivity contribution is 7.08. The zero-order valence-electron chi connectivity index (χ0n) is 30.5. The van der Waals surface area contributed by atoms with Crippen LogP contribution in [0, 0.1) is 13.8 Å². The third kappa shape index (κ3) is 5.87. The van der Waals surface area contributed by atoms with E-state index in [1.165, 1.54) is 72.3 Å². The van der Waals surface area contributed by atoms with E-state index >= 15 is 0 Å². The van der Waals surface area contributed by atoms with Crippen molar-refractivity contribution in [1.82, 2.24) is 9.55 Å². The van der Waals surface area contributed by atoms with Crippen LogP contribution in [0.3, 0.4) is 0 Å². The Hall–Kier alpha value is -5.93. The Labute approximate surface area is 308 Å². The average molecular weight is 671 g/mol. The van der Waals surface area contributed by atoms with Gasteiger partial charge in [-0.25, -0.2) is 4.98 Å². The van der Waals surface area contributed by atoms with Crippen LogP contribution in [0.4, 0.5) is 0 Å². The Morgan fingerprint density at radius 1 is 0.481 bits per heavy atom. The molecule has 0 unspecified atom stereocenters. The van der Waals surface area contributed by atoms with Gasteiger partial charge in [0.15, 0.2) is 0 Å². The Kier molecular flexibility index (Phi) is 9.18. The molecule has 0 N–H and O–H groups in total. The van der Waals surface area contributed by atoms with Crippen LogP contribution in [-0.4, -0.2) is 16.3 Å². The molecule has 0 fully saturated rings. The number of hydrogen-bond acceptors (Lipinski definition) is 1. The highest BCUT2D eigenvalue weighted by Gasteiger charge is 2.40. The maximum atomic E-state index is 5.29. The van der Waals surface area contributed by atoms with Crippen molar-refractivity contribution in [2.75, 3.05) is 0 Å². The fourth-order valence-corrected chi connectivity index (χ4v) is 8.14. The molecule has 1 aliphatic heterocycles. The first-order valence-electron chi connectivity index (χ1n) is 18.6. The number of hydrogen-bond donors (Lipinski definition) is 0. The quantitative estimate of drug-likeness (QED) is 0.140. The highest BCUT2D eigenvalue weighted by atomic mass is 15.1. The lowest BCUT2D eigenvalue weighted by Gasteiger charge is -2.21. The van der Waals surface area contributed by atoms with Gasteiger partial charge in [-0.2, -0.15) is 0 Å². The van der Waals surface area contributed by atoms with Crippen LogP contribution < -0.4 is 5.46 Å². The summed E-state index contributed by atoms with van der Waals surface area (Å²) in [5.74, 6) is 0.993. The number of benzene rings is 6. The van der Waals surface area contributed by atoms with E-state index in [1.54, 1.807) is 0 Å². The van der Waals surface area contributed by atoms with Gasteiger partial charge in [0, 0.05) is 11.3 Å². The maximum Gasteiger partial charge on any atom is 0.244 e. The van der Waals surface area contributed by atoms with Crippen LogP contribution in [-0.2, 0) is 12.8 Å². The highest BCUT2D eigenvalue weighted by Crippen LogP contribution is 2.51. The molecular formula is C49H43BN2. The Morgan fingerprint density at radius 2 is 0.904 bits per heavy atom. The standard InChI is InChI=1S/C49H43BN2/c1-5-36-29-19-30-37(6-2)48(36)52-35(4)34(3)51-49(52)42-31-20-32-43(33-42)50-46(40-25-15-9-16-26-40)44(38-21-11-7-12-22-38)45(39-23-13-8-14-24-39)47(50)41-27-17-10-18-28-41/h7-33H,5-6H2,1-4H3. The van der Waals surface area contributed by atoms with Crippen molar-refractivity contribution in [2.45, 2.75) is 40.5 Å².